The van der Waals surface area contributed by atoms with Gasteiger partial charge in [-0.25, -0.2) is 22.0 Å². The van der Waals surface area contributed by atoms with Crippen molar-refractivity contribution in [1.29, 1.82) is 0 Å². The topological polar surface area (TPSA) is 37.4 Å². The standard InChI is InChI=1S/C18H11BrF5NO2/c19-10-3-1-8(2-4-10)9-5-6-25(11(26)7-9)18(27)12-13(20)15(22)17(24)16(23)14(12)21/h1-4,9H,5-7H2. The van der Waals surface area contributed by atoms with Gasteiger partial charge in [0.1, 0.15) is 5.56 Å². The second-order valence-electron chi connectivity index (χ2n) is 6.04. The molecule has 2 aromatic carbocycles. The van der Waals surface area contributed by atoms with Crippen LogP contribution in [0.3, 0.4) is 0 Å². The molecule has 0 N–H and O–H groups in total. The summed E-state index contributed by atoms with van der Waals surface area (Å²) in [6.45, 7) is -0.197. The third kappa shape index (κ3) is 3.47. The Morgan fingerprint density at radius 3 is 1.96 bits per heavy atom. The van der Waals surface area contributed by atoms with Gasteiger partial charge in [0.05, 0.1) is 0 Å². The van der Waals surface area contributed by atoms with Gasteiger partial charge in [0.25, 0.3) is 5.91 Å². The Labute approximate surface area is 158 Å². The van der Waals surface area contributed by atoms with Crippen LogP contribution in [-0.4, -0.2) is 23.3 Å². The maximum atomic E-state index is 13.8. The summed E-state index contributed by atoms with van der Waals surface area (Å²) in [7, 11) is 0. The second kappa shape index (κ2) is 7.38. The number of likely N-dealkylation sites (tertiary alicyclic amines) is 1. The summed E-state index contributed by atoms with van der Waals surface area (Å²) in [5.41, 5.74) is -0.781. The largest absolute Gasteiger partial charge is 0.278 e. The van der Waals surface area contributed by atoms with Crippen LogP contribution in [0.15, 0.2) is 28.7 Å². The molecule has 0 radical (unpaired) electrons. The third-order valence-corrected chi connectivity index (χ3v) is 4.96. The summed E-state index contributed by atoms with van der Waals surface area (Å²) in [5.74, 6) is -13.8. The van der Waals surface area contributed by atoms with Gasteiger partial charge in [-0.2, -0.15) is 0 Å². The lowest BCUT2D eigenvalue weighted by Crippen LogP contribution is -2.43. The number of nitrogens with zero attached hydrogens (tertiary/aromatic N) is 1. The van der Waals surface area contributed by atoms with Gasteiger partial charge in [0.2, 0.25) is 11.7 Å². The van der Waals surface area contributed by atoms with Crippen molar-refractivity contribution in [3.8, 4) is 0 Å². The van der Waals surface area contributed by atoms with Crippen LogP contribution in [0, 0.1) is 29.1 Å². The molecule has 3 rings (SSSR count). The zero-order chi connectivity index (χ0) is 19.9. The molecule has 0 aliphatic carbocycles. The van der Waals surface area contributed by atoms with Gasteiger partial charge in [0, 0.05) is 17.4 Å². The Morgan fingerprint density at radius 2 is 1.44 bits per heavy atom. The van der Waals surface area contributed by atoms with Crippen LogP contribution in [0.1, 0.15) is 34.7 Å². The first kappa shape index (κ1) is 19.5. The molecule has 0 aromatic heterocycles. The lowest BCUT2D eigenvalue weighted by molar-refractivity contribution is -0.131. The SMILES string of the molecule is O=C1CC(c2ccc(Br)cc2)CCN1C(=O)c1c(F)c(F)c(F)c(F)c1F. The Kier molecular flexibility index (Phi) is 5.32. The zero-order valence-corrected chi connectivity index (χ0v) is 15.1. The van der Waals surface area contributed by atoms with Crippen molar-refractivity contribution in [2.45, 2.75) is 18.8 Å². The molecule has 1 atom stereocenters. The van der Waals surface area contributed by atoms with E-state index in [-0.39, 0.29) is 18.9 Å². The first-order valence-electron chi connectivity index (χ1n) is 7.84. The maximum absolute atomic E-state index is 13.8. The third-order valence-electron chi connectivity index (χ3n) is 4.43. The Hall–Kier alpha value is -2.29. The lowest BCUT2D eigenvalue weighted by atomic mass is 9.89. The van der Waals surface area contributed by atoms with Crippen LogP contribution in [0.4, 0.5) is 22.0 Å². The molecule has 0 bridgehead atoms. The summed E-state index contributed by atoms with van der Waals surface area (Å²) in [5, 5.41) is 0. The molecular formula is C18H11BrF5NO2. The molecule has 3 nitrogen and oxygen atoms in total. The molecule has 1 fully saturated rings. The number of benzene rings is 2. The Balaban J connectivity index is 1.86. The number of piperidine rings is 1. The fourth-order valence-corrected chi connectivity index (χ4v) is 3.26. The summed E-state index contributed by atoms with van der Waals surface area (Å²) in [4.78, 5) is 25.1. The minimum absolute atomic E-state index is 0.122. The minimum atomic E-state index is -2.36. The molecule has 1 unspecified atom stereocenters. The van der Waals surface area contributed by atoms with Gasteiger partial charge >= 0.3 is 0 Å². The van der Waals surface area contributed by atoms with Crippen LogP contribution in [0.2, 0.25) is 0 Å². The van der Waals surface area contributed by atoms with Crippen LogP contribution in [0.25, 0.3) is 0 Å². The van der Waals surface area contributed by atoms with Crippen molar-refractivity contribution < 1.29 is 31.5 Å². The number of rotatable bonds is 2. The normalized spacial score (nSPS) is 17.3. The number of amides is 2. The van der Waals surface area contributed by atoms with E-state index in [1.165, 1.54) is 0 Å². The van der Waals surface area contributed by atoms with Crippen molar-refractivity contribution in [1.82, 2.24) is 4.90 Å². The number of carbonyl (C=O) groups is 2. The fourth-order valence-electron chi connectivity index (χ4n) is 2.99. The van der Waals surface area contributed by atoms with E-state index in [0.717, 1.165) is 10.0 Å². The molecular weight excluding hydrogens is 437 g/mol. The Morgan fingerprint density at radius 1 is 0.926 bits per heavy atom. The van der Waals surface area contributed by atoms with Gasteiger partial charge in [-0.3, -0.25) is 14.5 Å². The van der Waals surface area contributed by atoms with Crippen molar-refractivity contribution in [3.05, 3.63) is 69.0 Å². The molecule has 1 aliphatic heterocycles. The highest BCUT2D eigenvalue weighted by atomic mass is 79.9. The summed E-state index contributed by atoms with van der Waals surface area (Å²) in [6.07, 6.45) is 0.178. The van der Waals surface area contributed by atoms with E-state index in [2.05, 4.69) is 15.9 Å². The van der Waals surface area contributed by atoms with E-state index in [9.17, 15) is 31.5 Å². The predicted octanol–water partition coefficient (Wildman–Crippen LogP) is 4.69. The monoisotopic (exact) mass is 447 g/mol. The van der Waals surface area contributed by atoms with Gasteiger partial charge in [-0.05, 0) is 30.0 Å². The molecule has 1 aliphatic rings. The van der Waals surface area contributed by atoms with Gasteiger partial charge < -0.3 is 0 Å². The van der Waals surface area contributed by atoms with E-state index in [1.807, 2.05) is 0 Å². The lowest BCUT2D eigenvalue weighted by Gasteiger charge is -2.30. The van der Waals surface area contributed by atoms with Crippen molar-refractivity contribution in [2.75, 3.05) is 6.54 Å². The summed E-state index contributed by atoms with van der Waals surface area (Å²) in [6, 6.07) is 7.16. The number of halogens is 6. The van der Waals surface area contributed by atoms with E-state index < -0.39 is 46.5 Å². The predicted molar refractivity (Wildman–Crippen MR) is 88.4 cm³/mol. The van der Waals surface area contributed by atoms with Crippen LogP contribution >= 0.6 is 15.9 Å². The highest BCUT2D eigenvalue weighted by Gasteiger charge is 2.37. The quantitative estimate of drug-likeness (QED) is 0.290. The Bertz CT molecular complexity index is 903. The minimum Gasteiger partial charge on any atom is -0.278 e. The molecule has 142 valence electrons. The average Bonchev–Trinajstić information content (AvgIpc) is 2.65. The average molecular weight is 448 g/mol. The van der Waals surface area contributed by atoms with Gasteiger partial charge in [-0.1, -0.05) is 28.1 Å². The van der Waals surface area contributed by atoms with Gasteiger partial charge in [-0.15, -0.1) is 0 Å². The van der Waals surface area contributed by atoms with Crippen molar-refractivity contribution >= 4 is 27.7 Å². The molecule has 27 heavy (non-hydrogen) atoms. The second-order valence-corrected chi connectivity index (χ2v) is 6.95. The maximum Gasteiger partial charge on any atom is 0.266 e. The molecule has 9 heteroatoms. The molecule has 2 aromatic rings. The molecule has 2 amide bonds. The summed E-state index contributed by atoms with van der Waals surface area (Å²) < 4.78 is 68.3. The highest BCUT2D eigenvalue weighted by molar-refractivity contribution is 9.10. The van der Waals surface area contributed by atoms with E-state index >= 15 is 0 Å². The fraction of sp³-hybridized carbons (Fsp3) is 0.222. The van der Waals surface area contributed by atoms with E-state index in [4.69, 9.17) is 0 Å². The first-order chi connectivity index (χ1) is 12.7. The van der Waals surface area contributed by atoms with Crippen molar-refractivity contribution in [2.24, 2.45) is 0 Å². The zero-order valence-electron chi connectivity index (χ0n) is 13.5. The van der Waals surface area contributed by atoms with Crippen LogP contribution in [0.5, 0.6) is 0 Å². The van der Waals surface area contributed by atoms with Crippen molar-refractivity contribution in [3.63, 3.8) is 0 Å². The number of hydrogen-bond acceptors (Lipinski definition) is 2. The molecule has 1 heterocycles. The summed E-state index contributed by atoms with van der Waals surface area (Å²) >= 11 is 3.29. The van der Waals surface area contributed by atoms with Crippen LogP contribution in [-0.2, 0) is 4.79 Å². The van der Waals surface area contributed by atoms with Gasteiger partial charge in [0.15, 0.2) is 23.3 Å². The number of imide groups is 1. The van der Waals surface area contributed by atoms with E-state index in [0.29, 0.717) is 11.3 Å². The first-order valence-corrected chi connectivity index (χ1v) is 8.63. The molecule has 1 saturated heterocycles. The number of hydrogen-bond donors (Lipinski definition) is 0. The number of carbonyl (C=O) groups excluding carboxylic acids is 2. The van der Waals surface area contributed by atoms with Crippen LogP contribution < -0.4 is 0 Å². The highest BCUT2D eigenvalue weighted by Crippen LogP contribution is 2.31. The molecule has 0 saturated carbocycles. The van der Waals surface area contributed by atoms with E-state index in [1.54, 1.807) is 24.3 Å². The molecule has 0 spiro atoms. The smallest absolute Gasteiger partial charge is 0.266 e.